The van der Waals surface area contributed by atoms with Gasteiger partial charge in [-0.3, -0.25) is 0 Å². The second-order valence-corrected chi connectivity index (χ2v) is 7.07. The van der Waals surface area contributed by atoms with E-state index >= 15 is 0 Å². The van der Waals surface area contributed by atoms with E-state index < -0.39 is 9.84 Å². The Morgan fingerprint density at radius 1 is 1.05 bits per heavy atom. The molecular weight excluding hydrogens is 300 g/mol. The van der Waals surface area contributed by atoms with Crippen molar-refractivity contribution in [2.75, 3.05) is 13.7 Å². The van der Waals surface area contributed by atoms with E-state index in [-0.39, 0.29) is 11.5 Å². The molecule has 5 heteroatoms. The molecule has 0 radical (unpaired) electrons. The normalized spacial score (nSPS) is 15.1. The maximum Gasteiger partial charge on any atom is 0.206 e. The summed E-state index contributed by atoms with van der Waals surface area (Å²) in [5.74, 6) is 1.10. The van der Waals surface area contributed by atoms with Crippen LogP contribution in [0.1, 0.15) is 11.1 Å². The highest BCUT2D eigenvalue weighted by molar-refractivity contribution is 7.95. The van der Waals surface area contributed by atoms with Crippen LogP contribution in [0.5, 0.6) is 11.5 Å². The lowest BCUT2D eigenvalue weighted by Gasteiger charge is -2.10. The minimum atomic E-state index is -3.46. The molecule has 0 N–H and O–H groups in total. The van der Waals surface area contributed by atoms with Crippen molar-refractivity contribution >= 4 is 15.9 Å². The van der Waals surface area contributed by atoms with E-state index in [1.807, 2.05) is 31.2 Å². The van der Waals surface area contributed by atoms with Crippen LogP contribution in [0.2, 0.25) is 0 Å². The number of hydrogen-bond donors (Lipinski definition) is 0. The monoisotopic (exact) mass is 316 g/mol. The van der Waals surface area contributed by atoms with Crippen LogP contribution >= 0.6 is 0 Å². The molecule has 3 rings (SSSR count). The maximum absolute atomic E-state index is 12.5. The van der Waals surface area contributed by atoms with E-state index in [0.717, 1.165) is 5.56 Å². The predicted molar refractivity (Wildman–Crippen MR) is 84.8 cm³/mol. The number of hydrogen-bond acceptors (Lipinski definition) is 4. The molecule has 0 fully saturated rings. The second kappa shape index (κ2) is 5.50. The van der Waals surface area contributed by atoms with Crippen LogP contribution in [0.25, 0.3) is 6.08 Å². The Morgan fingerprint density at radius 2 is 1.77 bits per heavy atom. The molecule has 1 aliphatic heterocycles. The number of aryl methyl sites for hydroxylation is 1. The van der Waals surface area contributed by atoms with Crippen molar-refractivity contribution in [1.29, 1.82) is 0 Å². The average molecular weight is 316 g/mol. The molecule has 2 aromatic rings. The molecular formula is C17H16O4S. The molecule has 22 heavy (non-hydrogen) atoms. The summed E-state index contributed by atoms with van der Waals surface area (Å²) >= 11 is 0. The Hall–Kier alpha value is -2.27. The van der Waals surface area contributed by atoms with Crippen LogP contribution in [0, 0.1) is 6.92 Å². The molecule has 4 nitrogen and oxygen atoms in total. The third-order valence-corrected chi connectivity index (χ3v) is 5.42. The van der Waals surface area contributed by atoms with Gasteiger partial charge in [0.15, 0.2) is 11.5 Å². The zero-order valence-corrected chi connectivity index (χ0v) is 13.2. The first-order valence-corrected chi connectivity index (χ1v) is 8.33. The number of fused-ring (bicyclic) bond motifs is 1. The first kappa shape index (κ1) is 14.7. The number of benzene rings is 2. The minimum absolute atomic E-state index is 0.0174. The van der Waals surface area contributed by atoms with Gasteiger partial charge >= 0.3 is 0 Å². The van der Waals surface area contributed by atoms with Gasteiger partial charge in [-0.15, -0.1) is 0 Å². The van der Waals surface area contributed by atoms with Crippen LogP contribution < -0.4 is 9.47 Å². The van der Waals surface area contributed by atoms with Gasteiger partial charge in [0.1, 0.15) is 6.61 Å². The Bertz CT molecular complexity index is 851. The smallest absolute Gasteiger partial charge is 0.206 e. The lowest BCUT2D eigenvalue weighted by Crippen LogP contribution is -2.09. The van der Waals surface area contributed by atoms with E-state index in [4.69, 9.17) is 9.47 Å². The summed E-state index contributed by atoms with van der Waals surface area (Å²) in [4.78, 5) is 0.616. The van der Waals surface area contributed by atoms with Crippen LogP contribution in [-0.2, 0) is 9.84 Å². The molecule has 0 aromatic heterocycles. The van der Waals surface area contributed by atoms with Crippen molar-refractivity contribution in [3.63, 3.8) is 0 Å². The van der Waals surface area contributed by atoms with Crippen molar-refractivity contribution in [3.8, 4) is 11.5 Å². The van der Waals surface area contributed by atoms with Gasteiger partial charge in [-0.05, 0) is 42.3 Å². The summed E-state index contributed by atoms with van der Waals surface area (Å²) < 4.78 is 35.9. The first-order chi connectivity index (χ1) is 10.5. The summed E-state index contributed by atoms with van der Waals surface area (Å²) in [6.45, 7) is 1.86. The van der Waals surface area contributed by atoms with Crippen molar-refractivity contribution in [3.05, 3.63) is 58.5 Å². The summed E-state index contributed by atoms with van der Waals surface area (Å²) in [5.41, 5.74) is 1.63. The molecule has 0 atom stereocenters. The van der Waals surface area contributed by atoms with Gasteiger partial charge in [0.25, 0.3) is 0 Å². The highest BCUT2D eigenvalue weighted by Crippen LogP contribution is 2.34. The van der Waals surface area contributed by atoms with Crippen LogP contribution in [0.15, 0.2) is 52.3 Å². The highest BCUT2D eigenvalue weighted by Gasteiger charge is 2.30. The molecule has 1 heterocycles. The zero-order valence-electron chi connectivity index (χ0n) is 12.4. The summed E-state index contributed by atoms with van der Waals surface area (Å²) in [6.07, 6.45) is 1.67. The van der Waals surface area contributed by atoms with Crippen molar-refractivity contribution in [2.45, 2.75) is 11.8 Å². The van der Waals surface area contributed by atoms with Crippen LogP contribution in [-0.4, -0.2) is 22.1 Å². The number of para-hydroxylation sites is 2. The predicted octanol–water partition coefficient (Wildman–Crippen LogP) is 3.21. The maximum atomic E-state index is 12.5. The fourth-order valence-electron chi connectivity index (χ4n) is 2.39. The van der Waals surface area contributed by atoms with Gasteiger partial charge < -0.3 is 9.47 Å². The van der Waals surface area contributed by atoms with Crippen LogP contribution in [0.3, 0.4) is 0 Å². The molecule has 0 saturated heterocycles. The van der Waals surface area contributed by atoms with Gasteiger partial charge in [-0.25, -0.2) is 8.42 Å². The Balaban J connectivity index is 1.86. The van der Waals surface area contributed by atoms with Crippen molar-refractivity contribution in [2.24, 2.45) is 0 Å². The molecule has 0 amide bonds. The largest absolute Gasteiger partial charge is 0.493 e. The number of ether oxygens (including phenoxy) is 2. The SMILES string of the molecule is COc1ccccc1OCC1=Cc2ccc(C)cc2S1(=O)=O. The molecule has 1 aliphatic rings. The minimum Gasteiger partial charge on any atom is -0.493 e. The average Bonchev–Trinajstić information content (AvgIpc) is 2.76. The molecule has 0 spiro atoms. The Morgan fingerprint density at radius 3 is 2.50 bits per heavy atom. The topological polar surface area (TPSA) is 52.6 Å². The van der Waals surface area contributed by atoms with Gasteiger partial charge in [0, 0.05) is 0 Å². The fraction of sp³-hybridized carbons (Fsp3) is 0.176. The van der Waals surface area contributed by atoms with E-state index in [0.29, 0.717) is 22.0 Å². The quantitative estimate of drug-likeness (QED) is 0.869. The van der Waals surface area contributed by atoms with E-state index in [1.165, 1.54) is 0 Å². The summed E-state index contributed by atoms with van der Waals surface area (Å²) in [6, 6.07) is 12.6. The lowest BCUT2D eigenvalue weighted by molar-refractivity contribution is 0.324. The van der Waals surface area contributed by atoms with E-state index in [1.54, 1.807) is 31.4 Å². The van der Waals surface area contributed by atoms with Gasteiger partial charge in [0.2, 0.25) is 9.84 Å². The zero-order chi connectivity index (χ0) is 15.7. The fourth-order valence-corrected chi connectivity index (χ4v) is 3.95. The highest BCUT2D eigenvalue weighted by atomic mass is 32.2. The molecule has 114 valence electrons. The Kier molecular flexibility index (Phi) is 3.66. The van der Waals surface area contributed by atoms with E-state index in [9.17, 15) is 8.42 Å². The van der Waals surface area contributed by atoms with Gasteiger partial charge in [0.05, 0.1) is 16.9 Å². The lowest BCUT2D eigenvalue weighted by atomic mass is 10.1. The standard InChI is InChI=1S/C17H16O4S/c1-12-7-8-13-10-14(22(18,19)17(13)9-12)11-21-16-6-4-3-5-15(16)20-2/h3-10H,11H2,1-2H3. The van der Waals surface area contributed by atoms with E-state index in [2.05, 4.69) is 0 Å². The van der Waals surface area contributed by atoms with Gasteiger partial charge in [-0.1, -0.05) is 24.3 Å². The third-order valence-electron chi connectivity index (χ3n) is 3.56. The third kappa shape index (κ3) is 2.48. The summed E-state index contributed by atoms with van der Waals surface area (Å²) in [7, 11) is -1.92. The number of sulfone groups is 1. The molecule has 0 unspecified atom stereocenters. The molecule has 2 aromatic carbocycles. The number of rotatable bonds is 4. The van der Waals surface area contributed by atoms with Crippen molar-refractivity contribution in [1.82, 2.24) is 0 Å². The Labute approximate surface area is 129 Å². The number of methoxy groups -OCH3 is 1. The molecule has 0 saturated carbocycles. The van der Waals surface area contributed by atoms with Crippen LogP contribution in [0.4, 0.5) is 0 Å². The molecule has 0 aliphatic carbocycles. The van der Waals surface area contributed by atoms with Gasteiger partial charge in [-0.2, -0.15) is 0 Å². The van der Waals surface area contributed by atoms with Crippen molar-refractivity contribution < 1.29 is 17.9 Å². The first-order valence-electron chi connectivity index (χ1n) is 6.84. The molecule has 0 bridgehead atoms. The second-order valence-electron chi connectivity index (χ2n) is 5.09. The summed E-state index contributed by atoms with van der Waals surface area (Å²) in [5, 5.41) is 0.